The predicted molar refractivity (Wildman–Crippen MR) is 66.4 cm³/mol. The molecule has 0 heterocycles. The third-order valence-corrected chi connectivity index (χ3v) is 2.00. The average Bonchev–Trinajstić information content (AvgIpc) is 2.32. The van der Waals surface area contributed by atoms with Crippen LogP contribution in [0.25, 0.3) is 0 Å². The monoisotopic (exact) mass is 208 g/mol. The number of carbonyl (C=O) groups excluding carboxylic acids is 1. The van der Waals surface area contributed by atoms with Crippen molar-refractivity contribution >= 4 is 17.8 Å². The molecule has 0 unspecified atom stereocenters. The number of anilines is 2. The summed E-state index contributed by atoms with van der Waals surface area (Å²) >= 11 is 0. The van der Waals surface area contributed by atoms with Gasteiger partial charge in [-0.1, -0.05) is 26.0 Å². The van der Waals surface area contributed by atoms with Crippen LogP contribution < -0.4 is 10.2 Å². The Bertz CT molecular complexity index is 287. The minimum Gasteiger partial charge on any atom is -0.373 e. The first-order chi connectivity index (χ1) is 7.29. The van der Waals surface area contributed by atoms with Crippen LogP contribution in [0, 0.1) is 0 Å². The first-order valence-corrected chi connectivity index (χ1v) is 5.30. The van der Waals surface area contributed by atoms with E-state index in [1.807, 2.05) is 45.2 Å². The standard InChI is InChI=1S/C10H14N2O.C2H6/c1-3-12(2)10-7-5-4-6-9(10)11-8-13;1-2/h4-8H,3H2,1-2H3,(H,11,13);1-2H3. The summed E-state index contributed by atoms with van der Waals surface area (Å²) in [5.41, 5.74) is 1.89. The number of benzene rings is 1. The van der Waals surface area contributed by atoms with Gasteiger partial charge in [0.05, 0.1) is 11.4 Å². The van der Waals surface area contributed by atoms with Gasteiger partial charge in [-0.25, -0.2) is 0 Å². The second kappa shape index (κ2) is 7.85. The number of hydrogen-bond donors (Lipinski definition) is 1. The first kappa shape index (κ1) is 13.5. The number of amides is 1. The Hall–Kier alpha value is -1.51. The van der Waals surface area contributed by atoms with E-state index in [9.17, 15) is 4.79 Å². The molecule has 0 atom stereocenters. The zero-order chi connectivity index (χ0) is 11.7. The maximum Gasteiger partial charge on any atom is 0.211 e. The SMILES string of the molecule is CC.CCN(C)c1ccccc1NC=O. The molecule has 84 valence electrons. The fourth-order valence-corrected chi connectivity index (χ4v) is 1.16. The van der Waals surface area contributed by atoms with Gasteiger partial charge in [-0.3, -0.25) is 4.79 Å². The van der Waals surface area contributed by atoms with Crippen LogP contribution in [0.15, 0.2) is 24.3 Å². The molecular weight excluding hydrogens is 188 g/mol. The van der Waals surface area contributed by atoms with Crippen molar-refractivity contribution < 1.29 is 4.79 Å². The molecule has 3 nitrogen and oxygen atoms in total. The Labute approximate surface area is 92.1 Å². The number of nitrogens with zero attached hydrogens (tertiary/aromatic N) is 1. The van der Waals surface area contributed by atoms with E-state index in [1.165, 1.54) is 0 Å². The molecule has 0 bridgehead atoms. The lowest BCUT2D eigenvalue weighted by atomic mass is 10.2. The maximum absolute atomic E-state index is 10.3. The number of carbonyl (C=O) groups is 1. The molecule has 0 aliphatic carbocycles. The van der Waals surface area contributed by atoms with Gasteiger partial charge in [-0.15, -0.1) is 0 Å². The molecule has 0 saturated carbocycles. The van der Waals surface area contributed by atoms with Crippen molar-refractivity contribution in [2.75, 3.05) is 23.8 Å². The Kier molecular flexibility index (Phi) is 7.06. The molecule has 0 aliphatic heterocycles. The van der Waals surface area contributed by atoms with Crippen molar-refractivity contribution in [1.29, 1.82) is 0 Å². The maximum atomic E-state index is 10.3. The number of hydrogen-bond acceptors (Lipinski definition) is 2. The number of rotatable bonds is 4. The molecule has 0 aliphatic rings. The number of para-hydroxylation sites is 2. The summed E-state index contributed by atoms with van der Waals surface area (Å²) in [4.78, 5) is 12.4. The van der Waals surface area contributed by atoms with E-state index < -0.39 is 0 Å². The van der Waals surface area contributed by atoms with Crippen LogP contribution in [0.5, 0.6) is 0 Å². The quantitative estimate of drug-likeness (QED) is 0.772. The molecule has 0 aromatic heterocycles. The molecular formula is C12H20N2O. The van der Waals surface area contributed by atoms with Gasteiger partial charge in [0, 0.05) is 13.6 Å². The average molecular weight is 208 g/mol. The molecule has 1 aromatic rings. The van der Waals surface area contributed by atoms with Gasteiger partial charge in [0.2, 0.25) is 6.41 Å². The van der Waals surface area contributed by atoms with Crippen LogP contribution >= 0.6 is 0 Å². The Morgan fingerprint density at radius 1 is 1.33 bits per heavy atom. The Balaban J connectivity index is 0.000000921. The van der Waals surface area contributed by atoms with Gasteiger partial charge in [-0.05, 0) is 19.1 Å². The summed E-state index contributed by atoms with van der Waals surface area (Å²) in [7, 11) is 1.99. The van der Waals surface area contributed by atoms with Crippen LogP contribution in [0.1, 0.15) is 20.8 Å². The Morgan fingerprint density at radius 2 is 1.93 bits per heavy atom. The van der Waals surface area contributed by atoms with E-state index in [0.29, 0.717) is 6.41 Å². The zero-order valence-corrected chi connectivity index (χ0v) is 9.95. The summed E-state index contributed by atoms with van der Waals surface area (Å²) in [6.45, 7) is 6.98. The molecule has 15 heavy (non-hydrogen) atoms. The fraction of sp³-hybridized carbons (Fsp3) is 0.417. The second-order valence-corrected chi connectivity index (χ2v) is 2.79. The minimum atomic E-state index is 0.697. The van der Waals surface area contributed by atoms with Gasteiger partial charge in [-0.2, -0.15) is 0 Å². The molecule has 1 rings (SSSR count). The molecule has 1 aromatic carbocycles. The highest BCUT2D eigenvalue weighted by atomic mass is 16.1. The van der Waals surface area contributed by atoms with Crippen LogP contribution in [0.4, 0.5) is 11.4 Å². The van der Waals surface area contributed by atoms with Crippen LogP contribution in [-0.2, 0) is 4.79 Å². The fourth-order valence-electron chi connectivity index (χ4n) is 1.16. The van der Waals surface area contributed by atoms with E-state index in [1.54, 1.807) is 0 Å². The van der Waals surface area contributed by atoms with E-state index in [2.05, 4.69) is 17.1 Å². The highest BCUT2D eigenvalue weighted by Gasteiger charge is 2.03. The molecule has 0 saturated heterocycles. The third-order valence-electron chi connectivity index (χ3n) is 2.00. The molecule has 3 heteroatoms. The molecule has 1 amide bonds. The molecule has 0 spiro atoms. The van der Waals surface area contributed by atoms with Gasteiger partial charge in [0.15, 0.2) is 0 Å². The minimum absolute atomic E-state index is 0.697. The van der Waals surface area contributed by atoms with Crippen LogP contribution in [0.3, 0.4) is 0 Å². The largest absolute Gasteiger partial charge is 0.373 e. The smallest absolute Gasteiger partial charge is 0.211 e. The molecule has 0 radical (unpaired) electrons. The predicted octanol–water partition coefficient (Wildman–Crippen LogP) is 2.74. The van der Waals surface area contributed by atoms with Gasteiger partial charge in [0.1, 0.15) is 0 Å². The van der Waals surface area contributed by atoms with Crippen molar-refractivity contribution in [3.05, 3.63) is 24.3 Å². The first-order valence-electron chi connectivity index (χ1n) is 5.30. The van der Waals surface area contributed by atoms with Crippen molar-refractivity contribution in [2.24, 2.45) is 0 Å². The summed E-state index contributed by atoms with van der Waals surface area (Å²) in [6, 6.07) is 7.72. The van der Waals surface area contributed by atoms with E-state index in [0.717, 1.165) is 17.9 Å². The lowest BCUT2D eigenvalue weighted by Gasteiger charge is -2.19. The summed E-state index contributed by atoms with van der Waals surface area (Å²) in [6.07, 6.45) is 0.697. The zero-order valence-electron chi connectivity index (χ0n) is 9.95. The summed E-state index contributed by atoms with van der Waals surface area (Å²) in [5, 5.41) is 2.67. The Morgan fingerprint density at radius 3 is 2.47 bits per heavy atom. The second-order valence-electron chi connectivity index (χ2n) is 2.79. The van der Waals surface area contributed by atoms with Gasteiger partial charge in [0.25, 0.3) is 0 Å². The summed E-state index contributed by atoms with van der Waals surface area (Å²) < 4.78 is 0. The van der Waals surface area contributed by atoms with Crippen molar-refractivity contribution in [1.82, 2.24) is 0 Å². The lowest BCUT2D eigenvalue weighted by Crippen LogP contribution is -2.17. The van der Waals surface area contributed by atoms with Crippen LogP contribution in [0.2, 0.25) is 0 Å². The summed E-state index contributed by atoms with van der Waals surface area (Å²) in [5.74, 6) is 0. The van der Waals surface area contributed by atoms with Gasteiger partial charge >= 0.3 is 0 Å². The third kappa shape index (κ3) is 4.02. The van der Waals surface area contributed by atoms with Crippen molar-refractivity contribution in [3.63, 3.8) is 0 Å². The highest BCUT2D eigenvalue weighted by Crippen LogP contribution is 2.23. The highest BCUT2D eigenvalue weighted by molar-refractivity contribution is 5.81. The van der Waals surface area contributed by atoms with E-state index in [4.69, 9.17) is 0 Å². The molecule has 0 fully saturated rings. The van der Waals surface area contributed by atoms with Crippen LogP contribution in [-0.4, -0.2) is 20.0 Å². The lowest BCUT2D eigenvalue weighted by molar-refractivity contribution is -0.105. The van der Waals surface area contributed by atoms with Crippen molar-refractivity contribution in [3.8, 4) is 0 Å². The normalized spacial score (nSPS) is 8.53. The van der Waals surface area contributed by atoms with E-state index in [-0.39, 0.29) is 0 Å². The topological polar surface area (TPSA) is 32.3 Å². The number of nitrogens with one attached hydrogen (secondary N) is 1. The van der Waals surface area contributed by atoms with Gasteiger partial charge < -0.3 is 10.2 Å². The molecule has 1 N–H and O–H groups in total. The van der Waals surface area contributed by atoms with Crippen molar-refractivity contribution in [2.45, 2.75) is 20.8 Å². The van der Waals surface area contributed by atoms with E-state index >= 15 is 0 Å².